The fourth-order valence-electron chi connectivity index (χ4n) is 1.94. The van der Waals surface area contributed by atoms with Crippen molar-refractivity contribution in [1.82, 2.24) is 15.1 Å². The molecule has 7 nitrogen and oxygen atoms in total. The average Bonchev–Trinajstić information content (AvgIpc) is 3.16. The number of ether oxygens (including phenoxy) is 1. The molecular formula is C14H13N3O4S2. The highest BCUT2D eigenvalue weighted by Gasteiger charge is 2.12. The predicted octanol–water partition coefficient (Wildman–Crippen LogP) is 2.09. The first-order valence-corrected chi connectivity index (χ1v) is 8.28. The van der Waals surface area contributed by atoms with Gasteiger partial charge in [-0.05, 0) is 12.1 Å². The van der Waals surface area contributed by atoms with Crippen LogP contribution in [0.3, 0.4) is 0 Å². The molecule has 23 heavy (non-hydrogen) atoms. The summed E-state index contributed by atoms with van der Waals surface area (Å²) in [6.07, 6.45) is 3.22. The Morgan fingerprint density at radius 3 is 2.78 bits per heavy atom. The molecule has 0 aromatic carbocycles. The molecule has 0 fully saturated rings. The van der Waals surface area contributed by atoms with Gasteiger partial charge in [-0.1, -0.05) is 0 Å². The van der Waals surface area contributed by atoms with Crippen LogP contribution < -0.4 is 10.1 Å². The lowest BCUT2D eigenvalue weighted by Crippen LogP contribution is -2.28. The van der Waals surface area contributed by atoms with Crippen LogP contribution in [0.5, 0.6) is 5.75 Å². The molecule has 0 spiro atoms. The smallest absolute Gasteiger partial charge is 0.345 e. The van der Waals surface area contributed by atoms with Crippen molar-refractivity contribution in [2.45, 2.75) is 6.54 Å². The van der Waals surface area contributed by atoms with E-state index in [4.69, 9.17) is 9.84 Å². The van der Waals surface area contributed by atoms with Gasteiger partial charge >= 0.3 is 5.97 Å². The molecule has 0 atom stereocenters. The zero-order chi connectivity index (χ0) is 16.4. The number of fused-ring (bicyclic) bond motifs is 1. The highest BCUT2D eigenvalue weighted by Crippen LogP contribution is 2.33. The van der Waals surface area contributed by atoms with Crippen LogP contribution in [0.15, 0.2) is 24.5 Å². The number of nitrogens with one attached hydrogen (secondary N) is 1. The molecule has 2 N–H and O–H groups in total. The molecule has 0 aliphatic carbocycles. The molecule has 3 rings (SSSR count). The van der Waals surface area contributed by atoms with Crippen molar-refractivity contribution < 1.29 is 19.4 Å². The lowest BCUT2D eigenvalue weighted by molar-refractivity contribution is -0.123. The number of thiophene rings is 2. The largest absolute Gasteiger partial charge is 0.480 e. The molecule has 0 aliphatic rings. The maximum Gasteiger partial charge on any atom is 0.345 e. The molecule has 0 bridgehead atoms. The van der Waals surface area contributed by atoms with Gasteiger partial charge in [0, 0.05) is 21.3 Å². The fraction of sp³-hybridized carbons (Fsp3) is 0.214. The third kappa shape index (κ3) is 3.69. The van der Waals surface area contributed by atoms with Gasteiger partial charge in [0.05, 0.1) is 18.9 Å². The van der Waals surface area contributed by atoms with E-state index in [1.807, 2.05) is 6.07 Å². The second kappa shape index (κ2) is 6.39. The number of carboxylic acids is 1. The molecule has 0 saturated carbocycles. The van der Waals surface area contributed by atoms with Crippen LogP contribution in [0.1, 0.15) is 14.5 Å². The number of aryl methyl sites for hydroxylation is 1. The second-order valence-corrected chi connectivity index (χ2v) is 7.02. The van der Waals surface area contributed by atoms with Crippen molar-refractivity contribution in [2.24, 2.45) is 7.05 Å². The molecule has 3 heterocycles. The third-order valence-electron chi connectivity index (χ3n) is 2.98. The minimum absolute atomic E-state index is 0.0748. The highest BCUT2D eigenvalue weighted by atomic mass is 32.1. The summed E-state index contributed by atoms with van der Waals surface area (Å²) in [6.45, 7) is 0.318. The first kappa shape index (κ1) is 15.5. The summed E-state index contributed by atoms with van der Waals surface area (Å²) in [7, 11) is 1.77. The minimum Gasteiger partial charge on any atom is -0.480 e. The number of nitrogens with zero attached hydrogens (tertiary/aromatic N) is 2. The number of aromatic nitrogens is 2. The van der Waals surface area contributed by atoms with Gasteiger partial charge in [0.2, 0.25) is 0 Å². The Morgan fingerprint density at radius 1 is 1.35 bits per heavy atom. The van der Waals surface area contributed by atoms with Crippen LogP contribution in [-0.2, 0) is 18.4 Å². The number of carbonyl (C=O) groups excluding carboxylic acids is 1. The van der Waals surface area contributed by atoms with Crippen LogP contribution in [0.2, 0.25) is 0 Å². The Morgan fingerprint density at radius 2 is 2.13 bits per heavy atom. The maximum atomic E-state index is 11.8. The summed E-state index contributed by atoms with van der Waals surface area (Å²) < 4.78 is 8.74. The normalized spacial score (nSPS) is 10.8. The third-order valence-corrected chi connectivity index (χ3v) is 5.26. The van der Waals surface area contributed by atoms with Gasteiger partial charge in [-0.3, -0.25) is 9.48 Å². The molecule has 120 valence electrons. The number of amides is 1. The summed E-state index contributed by atoms with van der Waals surface area (Å²) >= 11 is 2.71. The molecule has 3 aromatic heterocycles. The Labute approximate surface area is 139 Å². The Bertz CT molecular complexity index is 833. The van der Waals surface area contributed by atoms with Crippen molar-refractivity contribution >= 4 is 43.9 Å². The molecule has 9 heteroatoms. The van der Waals surface area contributed by atoms with E-state index in [0.717, 1.165) is 14.3 Å². The predicted molar refractivity (Wildman–Crippen MR) is 87.2 cm³/mol. The summed E-state index contributed by atoms with van der Waals surface area (Å²) in [5, 5.41) is 15.7. The number of carboxylic acid groups (broad SMARTS) is 1. The van der Waals surface area contributed by atoms with Crippen LogP contribution in [0.4, 0.5) is 0 Å². The quantitative estimate of drug-likeness (QED) is 0.709. The van der Waals surface area contributed by atoms with Gasteiger partial charge in [0.1, 0.15) is 4.88 Å². The topological polar surface area (TPSA) is 93.5 Å². The lowest BCUT2D eigenvalue weighted by atomic mass is 10.4. The number of hydrogen-bond donors (Lipinski definition) is 2. The molecule has 3 aromatic rings. The van der Waals surface area contributed by atoms with Gasteiger partial charge in [0.25, 0.3) is 5.91 Å². The van der Waals surface area contributed by atoms with E-state index in [0.29, 0.717) is 17.2 Å². The van der Waals surface area contributed by atoms with Crippen molar-refractivity contribution in [2.75, 3.05) is 6.61 Å². The zero-order valence-corrected chi connectivity index (χ0v) is 13.7. The van der Waals surface area contributed by atoms with E-state index in [1.165, 1.54) is 22.7 Å². The monoisotopic (exact) mass is 351 g/mol. The van der Waals surface area contributed by atoms with Crippen molar-refractivity contribution in [3.63, 3.8) is 0 Å². The van der Waals surface area contributed by atoms with E-state index in [1.54, 1.807) is 30.2 Å². The average molecular weight is 351 g/mol. The van der Waals surface area contributed by atoms with Gasteiger partial charge in [-0.25, -0.2) is 4.79 Å². The number of rotatable bonds is 6. The molecule has 0 radical (unpaired) electrons. The second-order valence-electron chi connectivity index (χ2n) is 4.77. The first-order chi connectivity index (χ1) is 11.0. The van der Waals surface area contributed by atoms with Gasteiger partial charge in [-0.15, -0.1) is 22.7 Å². The molecule has 1 amide bonds. The summed E-state index contributed by atoms with van der Waals surface area (Å²) in [5.74, 6) is -0.599. The standard InChI is InChI=1S/C14H13N3O4S2/c1-17-6-8(4-16-17)21-7-13(18)15-5-9-2-10-11(22-9)3-12(23-10)14(19)20/h2-4,6H,5,7H2,1H3,(H,15,18)(H,19,20). The molecule has 0 aliphatic heterocycles. The van der Waals surface area contributed by atoms with Gasteiger partial charge < -0.3 is 15.2 Å². The van der Waals surface area contributed by atoms with Crippen LogP contribution >= 0.6 is 22.7 Å². The van der Waals surface area contributed by atoms with Crippen molar-refractivity contribution in [1.29, 1.82) is 0 Å². The van der Waals surface area contributed by atoms with Crippen LogP contribution in [0, 0.1) is 0 Å². The Hall–Kier alpha value is -2.39. The fourth-order valence-corrected chi connectivity index (χ4v) is 4.14. The maximum absolute atomic E-state index is 11.8. The van der Waals surface area contributed by atoms with E-state index in [2.05, 4.69) is 10.4 Å². The van der Waals surface area contributed by atoms with Crippen LogP contribution in [0.25, 0.3) is 9.40 Å². The SMILES string of the molecule is Cn1cc(OCC(=O)NCc2cc3sc(C(=O)O)cc3s2)cn1. The van der Waals surface area contributed by atoms with Gasteiger partial charge in [0.15, 0.2) is 12.4 Å². The van der Waals surface area contributed by atoms with E-state index < -0.39 is 5.97 Å². The molecule has 0 unspecified atom stereocenters. The molecular weight excluding hydrogens is 338 g/mol. The van der Waals surface area contributed by atoms with Crippen molar-refractivity contribution in [3.05, 3.63) is 34.3 Å². The van der Waals surface area contributed by atoms with Gasteiger partial charge in [-0.2, -0.15) is 5.10 Å². The Kier molecular flexibility index (Phi) is 4.30. The summed E-state index contributed by atoms with van der Waals surface area (Å²) in [6, 6.07) is 3.56. The van der Waals surface area contributed by atoms with E-state index >= 15 is 0 Å². The lowest BCUT2D eigenvalue weighted by Gasteiger charge is -2.04. The minimum atomic E-state index is -0.916. The van der Waals surface area contributed by atoms with Crippen LogP contribution in [-0.4, -0.2) is 33.4 Å². The number of hydrogen-bond acceptors (Lipinski definition) is 6. The zero-order valence-electron chi connectivity index (χ0n) is 12.1. The summed E-state index contributed by atoms with van der Waals surface area (Å²) in [4.78, 5) is 24.0. The molecule has 0 saturated heterocycles. The van der Waals surface area contributed by atoms with E-state index in [9.17, 15) is 9.59 Å². The summed E-state index contributed by atoms with van der Waals surface area (Å²) in [5.41, 5.74) is 0. The number of carbonyl (C=O) groups is 2. The highest BCUT2D eigenvalue weighted by molar-refractivity contribution is 7.28. The Balaban J connectivity index is 1.52. The first-order valence-electron chi connectivity index (χ1n) is 6.65. The van der Waals surface area contributed by atoms with E-state index in [-0.39, 0.29) is 12.5 Å². The number of aromatic carboxylic acids is 1. The van der Waals surface area contributed by atoms with Crippen molar-refractivity contribution in [3.8, 4) is 5.75 Å².